The van der Waals surface area contributed by atoms with Crippen LogP contribution in [0.2, 0.25) is 0 Å². The molecule has 6 aromatic rings. The molecule has 4 heterocycles. The largest absolute Gasteiger partial charge is 0.437 e. The molecule has 4 heteroatoms. The number of para-hydroxylation sites is 1. The van der Waals surface area contributed by atoms with Gasteiger partial charge in [-0.1, -0.05) is 58.0 Å². The first-order valence-electron chi connectivity index (χ1n) is 14.3. The number of aromatic nitrogens is 3. The van der Waals surface area contributed by atoms with Gasteiger partial charge in [-0.05, 0) is 79.1 Å². The van der Waals surface area contributed by atoms with Gasteiger partial charge in [-0.25, -0.2) is 4.98 Å². The quantitative estimate of drug-likeness (QED) is 0.209. The topological polar surface area (TPSA) is 34.8 Å². The average molecular weight is 529 g/mol. The van der Waals surface area contributed by atoms with Crippen molar-refractivity contribution in [3.63, 3.8) is 0 Å². The van der Waals surface area contributed by atoms with Crippen LogP contribution >= 0.6 is 0 Å². The first-order chi connectivity index (χ1) is 19.2. The Labute approximate surface area is 236 Å². The van der Waals surface area contributed by atoms with E-state index in [0.717, 1.165) is 39.0 Å². The fourth-order valence-electron chi connectivity index (χ4n) is 6.13. The molecule has 0 saturated heterocycles. The molecule has 0 aliphatic rings. The highest BCUT2D eigenvalue weighted by Crippen LogP contribution is 2.38. The Kier molecular flexibility index (Phi) is 6.37. The second-order valence-electron chi connectivity index (χ2n) is 11.7. The van der Waals surface area contributed by atoms with Gasteiger partial charge in [-0.2, -0.15) is 4.57 Å². The maximum Gasteiger partial charge on any atom is 0.230 e. The third-order valence-electron chi connectivity index (χ3n) is 8.26. The number of benzene rings is 2. The van der Waals surface area contributed by atoms with Crippen molar-refractivity contribution in [1.82, 2.24) is 9.55 Å². The molecule has 202 valence electrons. The Morgan fingerprint density at radius 2 is 1.38 bits per heavy atom. The van der Waals surface area contributed by atoms with Crippen molar-refractivity contribution in [3.05, 3.63) is 101 Å². The van der Waals surface area contributed by atoms with E-state index in [1.165, 1.54) is 33.6 Å². The molecule has 0 aliphatic carbocycles. The highest BCUT2D eigenvalue weighted by molar-refractivity contribution is 6.08. The molecule has 0 atom stereocenters. The second-order valence-corrected chi connectivity index (χ2v) is 11.7. The lowest BCUT2D eigenvalue weighted by Gasteiger charge is -2.22. The smallest absolute Gasteiger partial charge is 0.230 e. The van der Waals surface area contributed by atoms with E-state index >= 15 is 0 Å². The predicted octanol–water partition coefficient (Wildman–Crippen LogP) is 9.10. The van der Waals surface area contributed by atoms with Crippen LogP contribution in [0.1, 0.15) is 67.5 Å². The Balaban J connectivity index is 1.62. The highest BCUT2D eigenvalue weighted by atomic mass is 16.3. The van der Waals surface area contributed by atoms with Crippen molar-refractivity contribution in [3.8, 4) is 28.3 Å². The molecule has 4 nitrogen and oxygen atoms in total. The van der Waals surface area contributed by atoms with E-state index in [2.05, 4.69) is 136 Å². The number of hydrogen-bond donors (Lipinski definition) is 0. The van der Waals surface area contributed by atoms with Crippen LogP contribution in [0.5, 0.6) is 0 Å². The van der Waals surface area contributed by atoms with E-state index in [4.69, 9.17) is 4.42 Å². The molecule has 4 aromatic heterocycles. The molecule has 2 aromatic carbocycles. The molecule has 0 aliphatic heterocycles. The van der Waals surface area contributed by atoms with Crippen LogP contribution in [0.15, 0.2) is 77.3 Å². The Bertz CT molecular complexity index is 1880. The van der Waals surface area contributed by atoms with Gasteiger partial charge in [0.15, 0.2) is 5.58 Å². The van der Waals surface area contributed by atoms with Crippen molar-refractivity contribution in [2.75, 3.05) is 0 Å². The van der Waals surface area contributed by atoms with Gasteiger partial charge in [0.05, 0.1) is 11.3 Å². The summed E-state index contributed by atoms with van der Waals surface area (Å²) in [6.45, 7) is 15.5. The number of fused-ring (bicyclic) bond motifs is 3. The van der Waals surface area contributed by atoms with Crippen LogP contribution in [0, 0.1) is 20.8 Å². The molecule has 40 heavy (non-hydrogen) atoms. The summed E-state index contributed by atoms with van der Waals surface area (Å²) in [4.78, 5) is 4.68. The van der Waals surface area contributed by atoms with Gasteiger partial charge < -0.3 is 8.98 Å². The van der Waals surface area contributed by atoms with E-state index in [9.17, 15) is 0 Å². The summed E-state index contributed by atoms with van der Waals surface area (Å²) < 4.78 is 11.2. The third kappa shape index (κ3) is 4.05. The lowest BCUT2D eigenvalue weighted by molar-refractivity contribution is -0.649. The number of pyridine rings is 2. The van der Waals surface area contributed by atoms with Gasteiger partial charge >= 0.3 is 0 Å². The number of furan rings is 1. The summed E-state index contributed by atoms with van der Waals surface area (Å²) in [5, 5.41) is 2.15. The molecule has 0 saturated carbocycles. The van der Waals surface area contributed by atoms with Gasteiger partial charge in [0.2, 0.25) is 17.1 Å². The molecule has 0 radical (unpaired) electrons. The van der Waals surface area contributed by atoms with E-state index in [1.54, 1.807) is 0 Å². The van der Waals surface area contributed by atoms with Crippen molar-refractivity contribution >= 4 is 22.1 Å². The first kappa shape index (κ1) is 26.1. The Hall–Kier alpha value is -4.18. The Morgan fingerprint density at radius 1 is 0.725 bits per heavy atom. The molecule has 0 spiro atoms. The average Bonchev–Trinajstić information content (AvgIpc) is 3.48. The summed E-state index contributed by atoms with van der Waals surface area (Å²) in [7, 11) is 2.17. The van der Waals surface area contributed by atoms with E-state index in [1.807, 2.05) is 6.92 Å². The maximum atomic E-state index is 6.46. The summed E-state index contributed by atoms with van der Waals surface area (Å²) in [6, 6.07) is 24.1. The fraction of sp³-hybridized carbons (Fsp3) is 0.278. The zero-order chi connectivity index (χ0) is 28.3. The minimum Gasteiger partial charge on any atom is -0.437 e. The van der Waals surface area contributed by atoms with Gasteiger partial charge in [0, 0.05) is 34.8 Å². The van der Waals surface area contributed by atoms with Gasteiger partial charge in [0.25, 0.3) is 0 Å². The predicted molar refractivity (Wildman–Crippen MR) is 165 cm³/mol. The number of nitrogens with zero attached hydrogens (tertiary/aromatic N) is 3. The Morgan fingerprint density at radius 3 is 2.08 bits per heavy atom. The summed E-state index contributed by atoms with van der Waals surface area (Å²) >= 11 is 0. The van der Waals surface area contributed by atoms with Gasteiger partial charge in [-0.15, -0.1) is 0 Å². The summed E-state index contributed by atoms with van der Waals surface area (Å²) in [5.41, 5.74) is 13.6. The van der Waals surface area contributed by atoms with Crippen LogP contribution in [0.3, 0.4) is 0 Å². The highest BCUT2D eigenvalue weighted by Gasteiger charge is 2.27. The molecular weight excluding hydrogens is 490 g/mol. The van der Waals surface area contributed by atoms with Crippen LogP contribution in [0.4, 0.5) is 0 Å². The fourth-order valence-corrected chi connectivity index (χ4v) is 6.13. The lowest BCUT2D eigenvalue weighted by Crippen LogP contribution is -2.34. The van der Waals surface area contributed by atoms with Crippen molar-refractivity contribution in [2.24, 2.45) is 7.05 Å². The van der Waals surface area contributed by atoms with E-state index in [-0.39, 0.29) is 0 Å². The second kappa shape index (κ2) is 9.78. The number of rotatable bonds is 5. The van der Waals surface area contributed by atoms with Crippen LogP contribution in [0.25, 0.3) is 50.4 Å². The zero-order valence-corrected chi connectivity index (χ0v) is 24.8. The summed E-state index contributed by atoms with van der Waals surface area (Å²) in [6.07, 6.45) is 2.24. The molecule has 0 unspecified atom stereocenters. The number of hydrogen-bond acceptors (Lipinski definition) is 2. The van der Waals surface area contributed by atoms with Crippen LogP contribution in [-0.4, -0.2) is 9.55 Å². The maximum absolute atomic E-state index is 6.46. The SMILES string of the molecule is Cc1ccc2c(n1)oc1c(-c3cccc(-c4c(C)ccn4-c4c(C(C)C)cccc4C(C)C)[n+]3C)c(C)ccc12. The standard InChI is InChI=1S/C36H38N3O/c1-21(2)26-11-9-12-27(22(3)4)34(26)39-20-19-24(6)33(39)31-14-10-13-30(38(31)8)32-23(5)15-17-28-29-18-16-25(7)37-36(29)40-35(28)32/h9-22H,1-8H3/q+1. The third-order valence-corrected chi connectivity index (χ3v) is 8.26. The first-order valence-corrected chi connectivity index (χ1v) is 14.3. The molecule has 0 N–H and O–H groups in total. The monoisotopic (exact) mass is 528 g/mol. The van der Waals surface area contributed by atoms with Crippen LogP contribution in [-0.2, 0) is 7.05 Å². The van der Waals surface area contributed by atoms with Crippen molar-refractivity contribution < 1.29 is 8.98 Å². The van der Waals surface area contributed by atoms with Gasteiger partial charge in [0.1, 0.15) is 12.7 Å². The minimum absolute atomic E-state index is 0.412. The molecular formula is C36H38N3O+. The van der Waals surface area contributed by atoms with Crippen LogP contribution < -0.4 is 4.57 Å². The normalized spacial score (nSPS) is 11.9. The van der Waals surface area contributed by atoms with E-state index < -0.39 is 0 Å². The minimum atomic E-state index is 0.412. The molecule has 0 fully saturated rings. The van der Waals surface area contributed by atoms with Gasteiger partial charge in [-0.3, -0.25) is 0 Å². The van der Waals surface area contributed by atoms with E-state index in [0.29, 0.717) is 17.5 Å². The van der Waals surface area contributed by atoms with Crippen molar-refractivity contribution in [1.29, 1.82) is 0 Å². The molecule has 6 rings (SSSR count). The lowest BCUT2D eigenvalue weighted by atomic mass is 9.92. The van der Waals surface area contributed by atoms with Crippen molar-refractivity contribution in [2.45, 2.75) is 60.3 Å². The molecule has 0 bridgehead atoms. The molecule has 0 amide bonds. The number of aryl methyl sites for hydroxylation is 3. The zero-order valence-electron chi connectivity index (χ0n) is 24.8. The summed E-state index contributed by atoms with van der Waals surface area (Å²) in [5.74, 6) is 0.824.